The Morgan fingerprint density at radius 1 is 0.941 bits per heavy atom. The topological polar surface area (TPSA) is 79.0 Å². The highest BCUT2D eigenvalue weighted by molar-refractivity contribution is 7.89. The average molecular weight is 482 g/mol. The van der Waals surface area contributed by atoms with Crippen LogP contribution in [-0.4, -0.2) is 63.4 Å². The molecule has 0 spiro atoms. The van der Waals surface area contributed by atoms with Crippen molar-refractivity contribution in [1.29, 1.82) is 0 Å². The lowest BCUT2D eigenvalue weighted by Crippen LogP contribution is -2.47. The molecule has 8 heteroatoms. The van der Waals surface area contributed by atoms with Crippen LogP contribution in [0.5, 0.6) is 5.75 Å². The SMILES string of the molecule is CN1CCN(S(=O)(=O)c2ccc(CNC(=O)CCCOc3ccc4ccccc4c3)cc2)CC1. The first-order valence-electron chi connectivity index (χ1n) is 11.6. The van der Waals surface area contributed by atoms with E-state index >= 15 is 0 Å². The number of fused-ring (bicyclic) bond motifs is 1. The van der Waals surface area contributed by atoms with E-state index in [9.17, 15) is 13.2 Å². The minimum atomic E-state index is -3.48. The van der Waals surface area contributed by atoms with Crippen LogP contribution in [0.1, 0.15) is 18.4 Å². The second-order valence-electron chi connectivity index (χ2n) is 8.59. The molecule has 34 heavy (non-hydrogen) atoms. The van der Waals surface area contributed by atoms with Gasteiger partial charge in [0.25, 0.3) is 0 Å². The third kappa shape index (κ3) is 6.14. The maximum Gasteiger partial charge on any atom is 0.243 e. The standard InChI is InChI=1S/C26H31N3O4S/c1-28-14-16-29(17-15-28)34(31,32)25-12-8-21(9-13-25)20-27-26(30)7-4-18-33-24-11-10-22-5-2-3-6-23(22)19-24/h2-3,5-6,8-13,19H,4,7,14-18,20H2,1H3,(H,27,30). The third-order valence-electron chi connectivity index (χ3n) is 6.05. The fraction of sp³-hybridized carbons (Fsp3) is 0.346. The molecular weight excluding hydrogens is 450 g/mol. The molecule has 4 rings (SSSR count). The number of carbonyl (C=O) groups excluding carboxylic acids is 1. The Morgan fingerprint density at radius 3 is 2.38 bits per heavy atom. The second kappa shape index (κ2) is 11.0. The summed E-state index contributed by atoms with van der Waals surface area (Å²) in [5.74, 6) is 0.738. The van der Waals surface area contributed by atoms with Gasteiger partial charge in [0.1, 0.15) is 5.75 Å². The fourth-order valence-corrected chi connectivity index (χ4v) is 5.35. The average Bonchev–Trinajstić information content (AvgIpc) is 2.86. The van der Waals surface area contributed by atoms with E-state index in [2.05, 4.69) is 16.3 Å². The number of ether oxygens (including phenoxy) is 1. The molecule has 1 amide bonds. The van der Waals surface area contributed by atoms with Gasteiger partial charge < -0.3 is 15.0 Å². The van der Waals surface area contributed by atoms with Gasteiger partial charge in [-0.25, -0.2) is 8.42 Å². The van der Waals surface area contributed by atoms with Crippen LogP contribution in [0.4, 0.5) is 0 Å². The first kappa shape index (κ1) is 24.2. The van der Waals surface area contributed by atoms with Gasteiger partial charge in [0.05, 0.1) is 11.5 Å². The van der Waals surface area contributed by atoms with Gasteiger partial charge in [-0.3, -0.25) is 4.79 Å². The van der Waals surface area contributed by atoms with Crippen molar-refractivity contribution in [3.8, 4) is 5.75 Å². The summed E-state index contributed by atoms with van der Waals surface area (Å²) in [5.41, 5.74) is 0.859. The quantitative estimate of drug-likeness (QED) is 0.475. The predicted molar refractivity (Wildman–Crippen MR) is 133 cm³/mol. The number of sulfonamides is 1. The molecular formula is C26H31N3O4S. The number of piperazine rings is 1. The van der Waals surface area contributed by atoms with Gasteiger partial charge in [-0.1, -0.05) is 42.5 Å². The van der Waals surface area contributed by atoms with Gasteiger partial charge in [-0.2, -0.15) is 4.31 Å². The molecule has 0 saturated carbocycles. The summed E-state index contributed by atoms with van der Waals surface area (Å²) in [4.78, 5) is 14.6. The van der Waals surface area contributed by atoms with E-state index in [1.165, 1.54) is 9.69 Å². The molecule has 0 aliphatic carbocycles. The molecule has 180 valence electrons. The number of carbonyl (C=O) groups is 1. The first-order valence-corrected chi connectivity index (χ1v) is 13.0. The lowest BCUT2D eigenvalue weighted by atomic mass is 10.1. The maximum atomic E-state index is 12.8. The number of hydrogen-bond acceptors (Lipinski definition) is 5. The maximum absolute atomic E-state index is 12.8. The Kier molecular flexibility index (Phi) is 7.82. The molecule has 1 heterocycles. The number of nitrogens with one attached hydrogen (secondary N) is 1. The highest BCUT2D eigenvalue weighted by Crippen LogP contribution is 2.21. The molecule has 1 saturated heterocycles. The molecule has 7 nitrogen and oxygen atoms in total. The van der Waals surface area contributed by atoms with E-state index < -0.39 is 10.0 Å². The highest BCUT2D eigenvalue weighted by atomic mass is 32.2. The lowest BCUT2D eigenvalue weighted by Gasteiger charge is -2.31. The van der Waals surface area contributed by atoms with Gasteiger partial charge in [-0.15, -0.1) is 0 Å². The number of hydrogen-bond donors (Lipinski definition) is 1. The van der Waals surface area contributed by atoms with E-state index in [4.69, 9.17) is 4.74 Å². The van der Waals surface area contributed by atoms with E-state index in [-0.39, 0.29) is 10.8 Å². The molecule has 1 fully saturated rings. The van der Waals surface area contributed by atoms with Crippen molar-refractivity contribution in [3.63, 3.8) is 0 Å². The van der Waals surface area contributed by atoms with Crippen LogP contribution in [0.3, 0.4) is 0 Å². The van der Waals surface area contributed by atoms with Crippen LogP contribution in [0, 0.1) is 0 Å². The van der Waals surface area contributed by atoms with E-state index in [1.807, 2.05) is 43.4 Å². The zero-order valence-electron chi connectivity index (χ0n) is 19.4. The normalized spacial score (nSPS) is 15.3. The Morgan fingerprint density at radius 2 is 1.65 bits per heavy atom. The van der Waals surface area contributed by atoms with Gasteiger partial charge in [0.15, 0.2) is 0 Å². The number of likely N-dealkylation sites (N-methyl/N-ethyl adjacent to an activating group) is 1. The summed E-state index contributed by atoms with van der Waals surface area (Å²) < 4.78 is 32.9. The monoisotopic (exact) mass is 481 g/mol. The molecule has 0 unspecified atom stereocenters. The fourth-order valence-electron chi connectivity index (χ4n) is 3.93. The molecule has 1 aliphatic heterocycles. The molecule has 0 radical (unpaired) electrons. The Balaban J connectivity index is 1.19. The zero-order valence-corrected chi connectivity index (χ0v) is 20.3. The van der Waals surface area contributed by atoms with E-state index in [1.54, 1.807) is 24.3 Å². The first-order chi connectivity index (χ1) is 16.4. The van der Waals surface area contributed by atoms with Crippen LogP contribution < -0.4 is 10.1 Å². The number of benzene rings is 3. The van der Waals surface area contributed by atoms with Gasteiger partial charge >= 0.3 is 0 Å². The molecule has 3 aromatic carbocycles. The van der Waals surface area contributed by atoms with Crippen molar-refractivity contribution >= 4 is 26.7 Å². The summed E-state index contributed by atoms with van der Waals surface area (Å²) in [6.07, 6.45) is 0.977. The van der Waals surface area contributed by atoms with Crippen molar-refractivity contribution < 1.29 is 17.9 Å². The summed E-state index contributed by atoms with van der Waals surface area (Å²) in [6, 6.07) is 20.8. The summed E-state index contributed by atoms with van der Waals surface area (Å²) >= 11 is 0. The molecule has 1 aliphatic rings. The summed E-state index contributed by atoms with van der Waals surface area (Å²) in [7, 11) is -1.49. The second-order valence-corrected chi connectivity index (χ2v) is 10.5. The minimum absolute atomic E-state index is 0.0590. The lowest BCUT2D eigenvalue weighted by molar-refractivity contribution is -0.121. The molecule has 1 N–H and O–H groups in total. The summed E-state index contributed by atoms with van der Waals surface area (Å²) in [5, 5.41) is 5.18. The number of rotatable bonds is 9. The Hall–Kier alpha value is -2.94. The van der Waals surface area contributed by atoms with Crippen molar-refractivity contribution in [2.24, 2.45) is 0 Å². The van der Waals surface area contributed by atoms with E-state index in [0.717, 1.165) is 29.8 Å². The van der Waals surface area contributed by atoms with Crippen LogP contribution in [-0.2, 0) is 21.4 Å². The van der Waals surface area contributed by atoms with Crippen LogP contribution in [0.25, 0.3) is 10.8 Å². The van der Waals surface area contributed by atoms with Crippen molar-refractivity contribution in [1.82, 2.24) is 14.5 Å². The third-order valence-corrected chi connectivity index (χ3v) is 7.96. The highest BCUT2D eigenvalue weighted by Gasteiger charge is 2.27. The van der Waals surface area contributed by atoms with Crippen LogP contribution in [0.15, 0.2) is 71.6 Å². The van der Waals surface area contributed by atoms with Gasteiger partial charge in [0.2, 0.25) is 15.9 Å². The number of amides is 1. The predicted octanol–water partition coefficient (Wildman–Crippen LogP) is 3.25. The minimum Gasteiger partial charge on any atom is -0.494 e. The number of nitrogens with zero attached hydrogens (tertiary/aromatic N) is 2. The Bertz CT molecular complexity index is 1220. The van der Waals surface area contributed by atoms with Crippen LogP contribution in [0.2, 0.25) is 0 Å². The largest absolute Gasteiger partial charge is 0.494 e. The van der Waals surface area contributed by atoms with Crippen LogP contribution >= 0.6 is 0 Å². The smallest absolute Gasteiger partial charge is 0.243 e. The van der Waals surface area contributed by atoms with Crippen molar-refractivity contribution in [2.45, 2.75) is 24.3 Å². The molecule has 3 aromatic rings. The molecule has 0 aromatic heterocycles. The molecule has 0 atom stereocenters. The van der Waals surface area contributed by atoms with Gasteiger partial charge in [0, 0.05) is 39.1 Å². The molecule has 0 bridgehead atoms. The van der Waals surface area contributed by atoms with Crippen molar-refractivity contribution in [2.75, 3.05) is 39.8 Å². The van der Waals surface area contributed by atoms with Crippen molar-refractivity contribution in [3.05, 3.63) is 72.3 Å². The van der Waals surface area contributed by atoms with E-state index in [0.29, 0.717) is 39.1 Å². The van der Waals surface area contributed by atoms with Gasteiger partial charge in [-0.05, 0) is 54.1 Å². The Labute approximate surface area is 201 Å². The zero-order chi connectivity index (χ0) is 24.0. The summed E-state index contributed by atoms with van der Waals surface area (Å²) in [6.45, 7) is 3.29.